The van der Waals surface area contributed by atoms with E-state index < -0.39 is 21.9 Å². The zero-order chi connectivity index (χ0) is 21.2. The Morgan fingerprint density at radius 2 is 1.93 bits per heavy atom. The summed E-state index contributed by atoms with van der Waals surface area (Å²) in [6, 6.07) is 5.88. The minimum Gasteiger partial charge on any atom is -0.478 e. The van der Waals surface area contributed by atoms with Crippen molar-refractivity contribution in [1.29, 1.82) is 0 Å². The second kappa shape index (κ2) is 8.50. The van der Waals surface area contributed by atoms with Crippen LogP contribution in [0.15, 0.2) is 33.7 Å². The lowest BCUT2D eigenvalue weighted by Gasteiger charge is -2.25. The van der Waals surface area contributed by atoms with Crippen LogP contribution in [0.2, 0.25) is 0 Å². The maximum absolute atomic E-state index is 13.8. The fourth-order valence-corrected chi connectivity index (χ4v) is 5.13. The lowest BCUT2D eigenvalue weighted by atomic mass is 10.3. The third kappa shape index (κ3) is 4.43. The van der Waals surface area contributed by atoms with Crippen molar-refractivity contribution >= 4 is 15.9 Å². The van der Waals surface area contributed by atoms with Crippen molar-refractivity contribution in [2.75, 3.05) is 26.2 Å². The summed E-state index contributed by atoms with van der Waals surface area (Å²) in [4.78, 5) is 14.4. The SMILES string of the molecule is Cc1noc(C)c1S(=O)(=O)N1CCCN(C(=O)[C@@H](C)Oc2ccccc2F)CC1. The van der Waals surface area contributed by atoms with Crippen LogP contribution >= 0.6 is 0 Å². The Labute approximate surface area is 169 Å². The van der Waals surface area contributed by atoms with Crippen LogP contribution in [0.25, 0.3) is 0 Å². The number of carbonyl (C=O) groups is 1. The van der Waals surface area contributed by atoms with Gasteiger partial charge in [-0.3, -0.25) is 4.79 Å². The highest BCUT2D eigenvalue weighted by Gasteiger charge is 2.33. The van der Waals surface area contributed by atoms with E-state index in [4.69, 9.17) is 9.26 Å². The van der Waals surface area contributed by atoms with Crippen molar-refractivity contribution in [2.45, 2.75) is 38.2 Å². The summed E-state index contributed by atoms with van der Waals surface area (Å²) in [5, 5.41) is 3.72. The quantitative estimate of drug-likeness (QED) is 0.729. The first-order chi connectivity index (χ1) is 13.7. The van der Waals surface area contributed by atoms with Crippen LogP contribution in [0.3, 0.4) is 0 Å². The van der Waals surface area contributed by atoms with E-state index >= 15 is 0 Å². The van der Waals surface area contributed by atoms with Gasteiger partial charge in [0.15, 0.2) is 23.4 Å². The molecule has 1 aliphatic rings. The second-order valence-electron chi connectivity index (χ2n) is 6.93. The topological polar surface area (TPSA) is 93.0 Å². The third-order valence-electron chi connectivity index (χ3n) is 4.82. The smallest absolute Gasteiger partial charge is 0.263 e. The highest BCUT2D eigenvalue weighted by Crippen LogP contribution is 2.24. The molecule has 1 fully saturated rings. The van der Waals surface area contributed by atoms with E-state index in [1.165, 1.54) is 22.5 Å². The number of carbonyl (C=O) groups excluding carboxylic acids is 1. The van der Waals surface area contributed by atoms with E-state index in [-0.39, 0.29) is 41.9 Å². The van der Waals surface area contributed by atoms with Crippen LogP contribution in [0.1, 0.15) is 24.8 Å². The Hall–Kier alpha value is -2.46. The molecule has 1 saturated heterocycles. The maximum Gasteiger partial charge on any atom is 0.263 e. The number of ether oxygens (including phenoxy) is 1. The van der Waals surface area contributed by atoms with Crippen molar-refractivity contribution in [2.24, 2.45) is 0 Å². The highest BCUT2D eigenvalue weighted by molar-refractivity contribution is 7.89. The Morgan fingerprint density at radius 3 is 2.59 bits per heavy atom. The first-order valence-electron chi connectivity index (χ1n) is 9.35. The summed E-state index contributed by atoms with van der Waals surface area (Å²) in [5.41, 5.74) is 0.312. The van der Waals surface area contributed by atoms with E-state index in [0.717, 1.165) is 0 Å². The molecule has 0 radical (unpaired) electrons. The summed E-state index contributed by atoms with van der Waals surface area (Å²) < 4.78 is 51.5. The summed E-state index contributed by atoms with van der Waals surface area (Å²) in [5.74, 6) is -0.609. The molecule has 3 rings (SSSR count). The molecule has 0 unspecified atom stereocenters. The summed E-state index contributed by atoms with van der Waals surface area (Å²) in [6.45, 7) is 5.71. The van der Waals surface area contributed by atoms with Gasteiger partial charge in [0.2, 0.25) is 10.0 Å². The van der Waals surface area contributed by atoms with Crippen LogP contribution in [0, 0.1) is 19.7 Å². The Balaban J connectivity index is 1.68. The van der Waals surface area contributed by atoms with Gasteiger partial charge in [0.25, 0.3) is 5.91 Å². The number of aryl methyl sites for hydroxylation is 2. The first kappa shape index (κ1) is 21.3. The van der Waals surface area contributed by atoms with Gasteiger partial charge in [-0.15, -0.1) is 0 Å². The molecule has 158 valence electrons. The number of benzene rings is 1. The predicted molar refractivity (Wildman–Crippen MR) is 102 cm³/mol. The number of amides is 1. The number of para-hydroxylation sites is 1. The molecule has 0 saturated carbocycles. The van der Waals surface area contributed by atoms with Gasteiger partial charge in [0.05, 0.1) is 0 Å². The number of rotatable bonds is 5. The van der Waals surface area contributed by atoms with Crippen LogP contribution in [-0.4, -0.2) is 61.0 Å². The number of aromatic nitrogens is 1. The summed E-state index contributed by atoms with van der Waals surface area (Å²) in [6.07, 6.45) is -0.418. The molecule has 1 aliphatic heterocycles. The molecule has 29 heavy (non-hydrogen) atoms. The van der Waals surface area contributed by atoms with E-state index in [9.17, 15) is 17.6 Å². The van der Waals surface area contributed by atoms with Gasteiger partial charge in [-0.05, 0) is 39.3 Å². The molecule has 2 aromatic rings. The molecule has 8 nitrogen and oxygen atoms in total. The Morgan fingerprint density at radius 1 is 1.21 bits per heavy atom. The highest BCUT2D eigenvalue weighted by atomic mass is 32.2. The van der Waals surface area contributed by atoms with Gasteiger partial charge in [0.1, 0.15) is 10.6 Å². The van der Waals surface area contributed by atoms with Crippen molar-refractivity contribution in [3.05, 3.63) is 41.5 Å². The van der Waals surface area contributed by atoms with E-state index in [0.29, 0.717) is 18.7 Å². The number of hydrogen-bond acceptors (Lipinski definition) is 6. The minimum absolute atomic E-state index is 0.00536. The van der Waals surface area contributed by atoms with Gasteiger partial charge in [-0.25, -0.2) is 12.8 Å². The maximum atomic E-state index is 13.8. The molecule has 0 N–H and O–H groups in total. The van der Waals surface area contributed by atoms with E-state index in [2.05, 4.69) is 5.16 Å². The molecule has 10 heteroatoms. The standard InChI is InChI=1S/C19H24FN3O5S/c1-13-18(14(2)28-21-13)29(25,26)23-10-6-9-22(11-12-23)19(24)15(3)27-17-8-5-4-7-16(17)20/h4-5,7-8,15H,6,9-12H2,1-3H3/t15-/m1/s1. The molecule has 1 atom stereocenters. The van der Waals surface area contributed by atoms with E-state index in [1.807, 2.05) is 0 Å². The fourth-order valence-electron chi connectivity index (χ4n) is 3.36. The number of sulfonamides is 1. The zero-order valence-corrected chi connectivity index (χ0v) is 17.4. The molecule has 2 heterocycles. The molecular weight excluding hydrogens is 401 g/mol. The van der Waals surface area contributed by atoms with Crippen molar-refractivity contribution in [3.8, 4) is 5.75 Å². The van der Waals surface area contributed by atoms with Gasteiger partial charge in [0, 0.05) is 26.2 Å². The van der Waals surface area contributed by atoms with Crippen molar-refractivity contribution < 1.29 is 26.9 Å². The monoisotopic (exact) mass is 425 g/mol. The average molecular weight is 425 g/mol. The average Bonchev–Trinajstić information content (AvgIpc) is 2.88. The van der Waals surface area contributed by atoms with Crippen LogP contribution in [-0.2, 0) is 14.8 Å². The normalized spacial score (nSPS) is 17.0. The van der Waals surface area contributed by atoms with Crippen LogP contribution in [0.5, 0.6) is 5.75 Å². The Bertz CT molecular complexity index is 972. The lowest BCUT2D eigenvalue weighted by molar-refractivity contribution is -0.137. The predicted octanol–water partition coefficient (Wildman–Crippen LogP) is 2.12. The zero-order valence-electron chi connectivity index (χ0n) is 16.6. The van der Waals surface area contributed by atoms with Crippen molar-refractivity contribution in [1.82, 2.24) is 14.4 Å². The molecule has 1 aromatic heterocycles. The number of nitrogens with zero attached hydrogens (tertiary/aromatic N) is 3. The van der Waals surface area contributed by atoms with Gasteiger partial charge in [-0.1, -0.05) is 17.3 Å². The molecule has 1 amide bonds. The largest absolute Gasteiger partial charge is 0.478 e. The van der Waals surface area contributed by atoms with Gasteiger partial charge < -0.3 is 14.2 Å². The molecule has 1 aromatic carbocycles. The molecule has 0 aliphatic carbocycles. The number of halogens is 1. The fraction of sp³-hybridized carbons (Fsp3) is 0.474. The minimum atomic E-state index is -3.77. The van der Waals surface area contributed by atoms with Crippen LogP contribution in [0.4, 0.5) is 4.39 Å². The molecule has 0 spiro atoms. The van der Waals surface area contributed by atoms with Gasteiger partial charge >= 0.3 is 0 Å². The Kier molecular flexibility index (Phi) is 6.23. The lowest BCUT2D eigenvalue weighted by Crippen LogP contribution is -2.43. The summed E-state index contributed by atoms with van der Waals surface area (Å²) >= 11 is 0. The first-order valence-corrected chi connectivity index (χ1v) is 10.8. The van der Waals surface area contributed by atoms with Crippen molar-refractivity contribution in [3.63, 3.8) is 0 Å². The number of hydrogen-bond donors (Lipinski definition) is 0. The van der Waals surface area contributed by atoms with E-state index in [1.54, 1.807) is 31.7 Å². The second-order valence-corrected chi connectivity index (χ2v) is 8.80. The van der Waals surface area contributed by atoms with Crippen LogP contribution < -0.4 is 4.74 Å². The van der Waals surface area contributed by atoms with Gasteiger partial charge in [-0.2, -0.15) is 4.31 Å². The third-order valence-corrected chi connectivity index (χ3v) is 6.96. The molecule has 0 bridgehead atoms. The molecular formula is C19H24FN3O5S. The summed E-state index contributed by atoms with van der Waals surface area (Å²) in [7, 11) is -3.77.